The van der Waals surface area contributed by atoms with E-state index < -0.39 is 5.97 Å². The summed E-state index contributed by atoms with van der Waals surface area (Å²) in [5, 5.41) is 9.92. The highest BCUT2D eigenvalue weighted by Crippen LogP contribution is 2.16. The summed E-state index contributed by atoms with van der Waals surface area (Å²) in [5.41, 5.74) is 0. The van der Waals surface area contributed by atoms with Crippen molar-refractivity contribution in [3.05, 3.63) is 0 Å². The van der Waals surface area contributed by atoms with Crippen LogP contribution >= 0.6 is 0 Å². The van der Waals surface area contributed by atoms with E-state index in [0.29, 0.717) is 0 Å². The number of rotatable bonds is 36. The highest BCUT2D eigenvalue weighted by Gasteiger charge is 2.13. The normalized spacial score (nSPS) is 11.5. The molecule has 0 unspecified atom stereocenters. The number of carboxylic acids is 1. The van der Waals surface area contributed by atoms with Crippen molar-refractivity contribution >= 4 is 5.97 Å². The standard InChI is InChI=1S/C34H72N.C8H16O2/c1-5-7-9-11-13-15-17-19-21-23-25-27-29-31-33-35(3,4)34-32-30-28-26-24-22-20-18-16-14-12-10-8-6-2;1-2-3-4-5-6-7-8(9)10/h5-34H2,1-4H3;2-7H2,1H3,(H,9,10)/q+1;/p-1. The van der Waals surface area contributed by atoms with Gasteiger partial charge in [0.25, 0.3) is 0 Å². The van der Waals surface area contributed by atoms with Crippen LogP contribution in [0.15, 0.2) is 0 Å². The Hall–Kier alpha value is -0.570. The second-order valence-electron chi connectivity index (χ2n) is 15.1. The number of nitrogens with zero attached hydrogens (tertiary/aromatic N) is 1. The van der Waals surface area contributed by atoms with Crippen LogP contribution in [0.1, 0.15) is 239 Å². The van der Waals surface area contributed by atoms with Gasteiger partial charge in [0.1, 0.15) is 0 Å². The molecule has 0 aromatic heterocycles. The Labute approximate surface area is 286 Å². The van der Waals surface area contributed by atoms with Crippen LogP contribution in [0.2, 0.25) is 0 Å². The summed E-state index contributed by atoms with van der Waals surface area (Å²) >= 11 is 0. The van der Waals surface area contributed by atoms with Crippen molar-refractivity contribution < 1.29 is 14.4 Å². The fourth-order valence-corrected chi connectivity index (χ4v) is 6.45. The van der Waals surface area contributed by atoms with Gasteiger partial charge in [-0.2, -0.15) is 0 Å². The van der Waals surface area contributed by atoms with Gasteiger partial charge in [-0.1, -0.05) is 201 Å². The largest absolute Gasteiger partial charge is 0.550 e. The van der Waals surface area contributed by atoms with Gasteiger partial charge in [-0.25, -0.2) is 0 Å². The number of aliphatic carboxylic acids is 1. The first kappa shape index (κ1) is 46.5. The minimum absolute atomic E-state index is 0.226. The molecule has 0 spiro atoms. The second-order valence-corrected chi connectivity index (χ2v) is 15.1. The fourth-order valence-electron chi connectivity index (χ4n) is 6.45. The number of carbonyl (C=O) groups is 1. The van der Waals surface area contributed by atoms with Crippen molar-refractivity contribution in [2.24, 2.45) is 0 Å². The van der Waals surface area contributed by atoms with Crippen molar-refractivity contribution in [2.75, 3.05) is 27.2 Å². The zero-order valence-corrected chi connectivity index (χ0v) is 32.2. The number of carboxylic acid groups (broad SMARTS) is 1. The molecule has 0 aliphatic heterocycles. The Morgan fingerprint density at radius 2 is 0.556 bits per heavy atom. The van der Waals surface area contributed by atoms with Gasteiger partial charge in [0, 0.05) is 5.97 Å². The van der Waals surface area contributed by atoms with E-state index in [1.54, 1.807) is 0 Å². The molecule has 0 N–H and O–H groups in total. The molecule has 3 nitrogen and oxygen atoms in total. The van der Waals surface area contributed by atoms with Crippen molar-refractivity contribution in [1.82, 2.24) is 0 Å². The molecule has 0 rings (SSSR count). The lowest BCUT2D eigenvalue weighted by Gasteiger charge is -2.30. The van der Waals surface area contributed by atoms with Gasteiger partial charge in [-0.3, -0.25) is 0 Å². The Balaban J connectivity index is 0. The maximum Gasteiger partial charge on any atom is 0.0782 e. The molecule has 45 heavy (non-hydrogen) atoms. The Morgan fingerprint density at radius 1 is 0.356 bits per heavy atom. The number of hydrogen-bond acceptors (Lipinski definition) is 2. The molecule has 0 aliphatic rings. The van der Waals surface area contributed by atoms with Gasteiger partial charge in [0.15, 0.2) is 0 Å². The van der Waals surface area contributed by atoms with Gasteiger partial charge >= 0.3 is 0 Å². The Kier molecular flexibility index (Phi) is 41.0. The third-order valence-corrected chi connectivity index (χ3v) is 9.72. The van der Waals surface area contributed by atoms with Gasteiger partial charge in [0.2, 0.25) is 0 Å². The van der Waals surface area contributed by atoms with Crippen LogP contribution in [-0.4, -0.2) is 37.6 Å². The Morgan fingerprint density at radius 3 is 0.778 bits per heavy atom. The Bertz CT molecular complexity index is 513. The smallest absolute Gasteiger partial charge is 0.0782 e. The average molecular weight is 638 g/mol. The molecule has 0 aromatic rings. The molecular weight excluding hydrogens is 550 g/mol. The molecule has 272 valence electrons. The summed E-state index contributed by atoms with van der Waals surface area (Å²) < 4.78 is 1.25. The molecule has 0 radical (unpaired) electrons. The van der Waals surface area contributed by atoms with E-state index in [2.05, 4.69) is 34.9 Å². The van der Waals surface area contributed by atoms with Crippen LogP contribution in [0.4, 0.5) is 0 Å². The van der Waals surface area contributed by atoms with Crippen LogP contribution < -0.4 is 5.11 Å². The summed E-state index contributed by atoms with van der Waals surface area (Å²) in [6.07, 6.45) is 46.6. The second kappa shape index (κ2) is 39.6. The number of unbranched alkanes of at least 4 members (excludes halogenated alkanes) is 30. The van der Waals surface area contributed by atoms with Gasteiger partial charge in [-0.05, 0) is 38.5 Å². The zero-order chi connectivity index (χ0) is 33.5. The topological polar surface area (TPSA) is 40.1 Å². The zero-order valence-electron chi connectivity index (χ0n) is 32.2. The summed E-state index contributed by atoms with van der Waals surface area (Å²) in [7, 11) is 4.93. The molecule has 3 heteroatoms. The quantitative estimate of drug-likeness (QED) is 0.0506. The molecule has 0 amide bonds. The van der Waals surface area contributed by atoms with E-state index in [1.165, 1.54) is 210 Å². The lowest BCUT2D eigenvalue weighted by molar-refractivity contribution is -0.890. The summed E-state index contributed by atoms with van der Waals surface area (Å²) in [5.74, 6) is -0.920. The molecule has 0 fully saturated rings. The molecular formula is C42H87NO2. The molecule has 0 saturated heterocycles. The van der Waals surface area contributed by atoms with Crippen LogP contribution in [0.5, 0.6) is 0 Å². The van der Waals surface area contributed by atoms with E-state index in [9.17, 15) is 9.90 Å². The number of carbonyl (C=O) groups excluding carboxylic acids is 1. The van der Waals surface area contributed by atoms with Crippen LogP contribution in [0, 0.1) is 0 Å². The maximum absolute atomic E-state index is 9.92. The summed E-state index contributed by atoms with van der Waals surface area (Å²) in [6.45, 7) is 9.52. The highest BCUT2D eigenvalue weighted by atomic mass is 16.4. The van der Waals surface area contributed by atoms with Crippen molar-refractivity contribution in [1.29, 1.82) is 0 Å². The monoisotopic (exact) mass is 638 g/mol. The minimum Gasteiger partial charge on any atom is -0.550 e. The third kappa shape index (κ3) is 45.6. The number of hydrogen-bond donors (Lipinski definition) is 0. The minimum atomic E-state index is -0.920. The predicted molar refractivity (Wildman–Crippen MR) is 201 cm³/mol. The van der Waals surface area contributed by atoms with Crippen molar-refractivity contribution in [3.63, 3.8) is 0 Å². The van der Waals surface area contributed by atoms with Crippen LogP contribution in [0.25, 0.3) is 0 Å². The predicted octanol–water partition coefficient (Wildman–Crippen LogP) is 13.1. The summed E-state index contributed by atoms with van der Waals surface area (Å²) in [4.78, 5) is 9.92. The molecule has 0 aliphatic carbocycles. The molecule has 0 heterocycles. The van der Waals surface area contributed by atoms with E-state index in [-0.39, 0.29) is 6.42 Å². The fraction of sp³-hybridized carbons (Fsp3) is 0.976. The van der Waals surface area contributed by atoms with Crippen LogP contribution in [-0.2, 0) is 4.79 Å². The van der Waals surface area contributed by atoms with E-state index >= 15 is 0 Å². The van der Waals surface area contributed by atoms with Crippen LogP contribution in [0.3, 0.4) is 0 Å². The lowest BCUT2D eigenvalue weighted by Crippen LogP contribution is -2.41. The molecule has 0 saturated carbocycles. The van der Waals surface area contributed by atoms with E-state index in [1.807, 2.05) is 0 Å². The maximum atomic E-state index is 9.92. The first-order chi connectivity index (χ1) is 21.9. The van der Waals surface area contributed by atoms with Gasteiger partial charge in [0.05, 0.1) is 27.2 Å². The van der Waals surface area contributed by atoms with E-state index in [4.69, 9.17) is 0 Å². The van der Waals surface area contributed by atoms with E-state index in [0.717, 1.165) is 19.3 Å². The van der Waals surface area contributed by atoms with Crippen molar-refractivity contribution in [3.8, 4) is 0 Å². The van der Waals surface area contributed by atoms with Gasteiger partial charge in [-0.15, -0.1) is 0 Å². The average Bonchev–Trinajstić information content (AvgIpc) is 3.01. The highest BCUT2D eigenvalue weighted by molar-refractivity contribution is 5.64. The summed E-state index contributed by atoms with van der Waals surface area (Å²) in [6, 6.07) is 0. The molecule has 0 bridgehead atoms. The lowest BCUT2D eigenvalue weighted by atomic mass is 10.0. The first-order valence-electron chi connectivity index (χ1n) is 20.9. The van der Waals surface area contributed by atoms with Crippen molar-refractivity contribution in [2.45, 2.75) is 239 Å². The number of quaternary nitrogens is 1. The van der Waals surface area contributed by atoms with Gasteiger partial charge < -0.3 is 14.4 Å². The molecule has 0 atom stereocenters. The third-order valence-electron chi connectivity index (χ3n) is 9.72. The first-order valence-corrected chi connectivity index (χ1v) is 20.9. The molecule has 0 aromatic carbocycles. The SMILES string of the molecule is CCCCCCCC(=O)[O-].CCCCCCCCCCCCCCCC[N+](C)(C)CCCCCCCCCCCCCCCC.